The largest absolute Gasteiger partial charge is 0.390 e. The molecule has 0 spiro atoms. The molecule has 4 unspecified atom stereocenters. The first-order valence-corrected chi connectivity index (χ1v) is 8.50. The summed E-state index contributed by atoms with van der Waals surface area (Å²) in [5.74, 6) is 3.35. The van der Waals surface area contributed by atoms with Gasteiger partial charge in [-0.15, -0.1) is 0 Å². The molecule has 1 saturated heterocycles. The molecule has 0 aromatic carbocycles. The molecular formula is C17H30N2O. The average molecular weight is 278 g/mol. The molecule has 2 fully saturated rings. The highest BCUT2D eigenvalue weighted by molar-refractivity contribution is 5.10. The number of piperidine rings is 1. The summed E-state index contributed by atoms with van der Waals surface area (Å²) in [6.07, 6.45) is 9.90. The van der Waals surface area contributed by atoms with E-state index in [4.69, 9.17) is 0 Å². The minimum Gasteiger partial charge on any atom is -0.390 e. The molecule has 3 heteroatoms. The number of hydrogen-bond donors (Lipinski definition) is 2. The van der Waals surface area contributed by atoms with Gasteiger partial charge in [-0.1, -0.05) is 19.1 Å². The van der Waals surface area contributed by atoms with Crippen molar-refractivity contribution in [1.82, 2.24) is 10.2 Å². The molecule has 20 heavy (non-hydrogen) atoms. The molecule has 3 aliphatic rings. The number of aliphatic hydroxyl groups is 1. The van der Waals surface area contributed by atoms with Crippen molar-refractivity contribution in [1.29, 1.82) is 0 Å². The summed E-state index contributed by atoms with van der Waals surface area (Å²) < 4.78 is 0. The molecule has 1 heterocycles. The standard InChI is InChI=1S/C17H30N2O/c1-13-4-6-19(7-5-13)12-17(20)11-18-10-16-9-14-2-3-15(16)8-14/h2-3,13-18,20H,4-12H2,1H3. The van der Waals surface area contributed by atoms with Gasteiger partial charge in [-0.3, -0.25) is 0 Å². The maximum atomic E-state index is 10.2. The van der Waals surface area contributed by atoms with Crippen LogP contribution in [0.4, 0.5) is 0 Å². The summed E-state index contributed by atoms with van der Waals surface area (Å²) in [4.78, 5) is 2.42. The van der Waals surface area contributed by atoms with E-state index in [9.17, 15) is 5.11 Å². The van der Waals surface area contributed by atoms with Crippen LogP contribution < -0.4 is 5.32 Å². The van der Waals surface area contributed by atoms with Crippen LogP contribution in [0.2, 0.25) is 0 Å². The fourth-order valence-corrected chi connectivity index (χ4v) is 4.17. The lowest BCUT2D eigenvalue weighted by Gasteiger charge is -2.31. The van der Waals surface area contributed by atoms with Gasteiger partial charge in [0.2, 0.25) is 0 Å². The van der Waals surface area contributed by atoms with E-state index < -0.39 is 0 Å². The number of aliphatic hydroxyl groups excluding tert-OH is 1. The van der Waals surface area contributed by atoms with E-state index in [1.54, 1.807) is 0 Å². The fraction of sp³-hybridized carbons (Fsp3) is 0.882. The number of hydrogen-bond acceptors (Lipinski definition) is 3. The van der Waals surface area contributed by atoms with E-state index in [0.29, 0.717) is 0 Å². The van der Waals surface area contributed by atoms with Crippen molar-refractivity contribution in [2.75, 3.05) is 32.7 Å². The second-order valence-electron chi connectivity index (χ2n) is 7.34. The lowest BCUT2D eigenvalue weighted by Crippen LogP contribution is -2.42. The number of fused-ring (bicyclic) bond motifs is 2. The van der Waals surface area contributed by atoms with Crippen LogP contribution in [0, 0.1) is 23.7 Å². The van der Waals surface area contributed by atoms with Crippen LogP contribution in [0.5, 0.6) is 0 Å². The molecular weight excluding hydrogens is 248 g/mol. The van der Waals surface area contributed by atoms with Gasteiger partial charge in [-0.05, 0) is 69.0 Å². The van der Waals surface area contributed by atoms with Crippen molar-refractivity contribution in [2.45, 2.75) is 38.7 Å². The van der Waals surface area contributed by atoms with Crippen LogP contribution in [0.1, 0.15) is 32.6 Å². The van der Waals surface area contributed by atoms with Crippen molar-refractivity contribution in [3.8, 4) is 0 Å². The van der Waals surface area contributed by atoms with Crippen molar-refractivity contribution >= 4 is 0 Å². The van der Waals surface area contributed by atoms with Gasteiger partial charge in [-0.25, -0.2) is 0 Å². The van der Waals surface area contributed by atoms with Gasteiger partial charge in [0.1, 0.15) is 0 Å². The van der Waals surface area contributed by atoms with Gasteiger partial charge >= 0.3 is 0 Å². The quantitative estimate of drug-likeness (QED) is 0.728. The normalized spacial score (nSPS) is 35.8. The van der Waals surface area contributed by atoms with Gasteiger partial charge in [0.05, 0.1) is 6.10 Å². The fourth-order valence-electron chi connectivity index (χ4n) is 4.17. The van der Waals surface area contributed by atoms with Crippen molar-refractivity contribution in [2.24, 2.45) is 23.7 Å². The minimum absolute atomic E-state index is 0.211. The van der Waals surface area contributed by atoms with E-state index in [1.165, 1.54) is 25.7 Å². The van der Waals surface area contributed by atoms with Crippen LogP contribution in [-0.4, -0.2) is 48.8 Å². The van der Waals surface area contributed by atoms with Crippen LogP contribution in [0.15, 0.2) is 12.2 Å². The third-order valence-electron chi connectivity index (χ3n) is 5.55. The predicted octanol–water partition coefficient (Wildman–Crippen LogP) is 1.88. The smallest absolute Gasteiger partial charge is 0.0791 e. The minimum atomic E-state index is -0.211. The molecule has 1 aliphatic heterocycles. The van der Waals surface area contributed by atoms with E-state index in [-0.39, 0.29) is 6.10 Å². The van der Waals surface area contributed by atoms with Crippen molar-refractivity contribution in [3.63, 3.8) is 0 Å². The Morgan fingerprint density at radius 1 is 1.25 bits per heavy atom. The number of nitrogens with one attached hydrogen (secondary N) is 1. The topological polar surface area (TPSA) is 35.5 Å². The Labute approximate surface area is 123 Å². The zero-order valence-corrected chi connectivity index (χ0v) is 12.8. The van der Waals surface area contributed by atoms with E-state index >= 15 is 0 Å². The summed E-state index contributed by atoms with van der Waals surface area (Å²) in [6, 6.07) is 0. The zero-order valence-electron chi connectivity index (χ0n) is 12.8. The van der Waals surface area contributed by atoms with Gasteiger partial charge < -0.3 is 15.3 Å². The molecule has 0 radical (unpaired) electrons. The van der Waals surface area contributed by atoms with Gasteiger partial charge in [0, 0.05) is 13.1 Å². The summed E-state index contributed by atoms with van der Waals surface area (Å²) in [7, 11) is 0. The van der Waals surface area contributed by atoms with Gasteiger partial charge in [0.15, 0.2) is 0 Å². The lowest BCUT2D eigenvalue weighted by atomic mass is 9.93. The third kappa shape index (κ3) is 3.63. The molecule has 0 amide bonds. The average Bonchev–Trinajstić information content (AvgIpc) is 3.04. The Morgan fingerprint density at radius 2 is 2.05 bits per heavy atom. The molecule has 1 saturated carbocycles. The number of rotatable bonds is 6. The first-order valence-electron chi connectivity index (χ1n) is 8.50. The van der Waals surface area contributed by atoms with Gasteiger partial charge in [0.25, 0.3) is 0 Å². The zero-order chi connectivity index (χ0) is 13.9. The Bertz CT molecular complexity index is 336. The van der Waals surface area contributed by atoms with Crippen LogP contribution in [0.25, 0.3) is 0 Å². The SMILES string of the molecule is CC1CCN(CC(O)CNCC2CC3C=CC2C3)CC1. The van der Waals surface area contributed by atoms with Crippen molar-refractivity contribution in [3.05, 3.63) is 12.2 Å². The highest BCUT2D eigenvalue weighted by atomic mass is 16.3. The summed E-state index contributed by atoms with van der Waals surface area (Å²) in [5.41, 5.74) is 0. The number of β-amino-alcohol motifs (C(OH)–C–C–N with tert-alkyl or cyclic N) is 1. The molecule has 0 aromatic rings. The molecule has 3 nitrogen and oxygen atoms in total. The second kappa shape index (κ2) is 6.59. The highest BCUT2D eigenvalue weighted by Crippen LogP contribution is 2.42. The molecule has 2 bridgehead atoms. The summed E-state index contributed by atoms with van der Waals surface area (Å²) >= 11 is 0. The van der Waals surface area contributed by atoms with E-state index in [0.717, 1.165) is 56.4 Å². The second-order valence-corrected chi connectivity index (χ2v) is 7.34. The van der Waals surface area contributed by atoms with Crippen LogP contribution in [-0.2, 0) is 0 Å². The number of nitrogens with zero attached hydrogens (tertiary/aromatic N) is 1. The summed E-state index contributed by atoms with van der Waals surface area (Å²) in [6.45, 7) is 7.34. The van der Waals surface area contributed by atoms with E-state index in [1.807, 2.05) is 0 Å². The monoisotopic (exact) mass is 278 g/mol. The van der Waals surface area contributed by atoms with Gasteiger partial charge in [-0.2, -0.15) is 0 Å². The maximum absolute atomic E-state index is 10.2. The van der Waals surface area contributed by atoms with E-state index in [2.05, 4.69) is 29.3 Å². The number of allylic oxidation sites excluding steroid dienone is 2. The Morgan fingerprint density at radius 3 is 2.70 bits per heavy atom. The molecule has 2 aliphatic carbocycles. The summed E-state index contributed by atoms with van der Waals surface area (Å²) in [5, 5.41) is 13.7. The van der Waals surface area contributed by atoms with Crippen molar-refractivity contribution < 1.29 is 5.11 Å². The molecule has 3 rings (SSSR count). The molecule has 114 valence electrons. The third-order valence-corrected chi connectivity index (χ3v) is 5.55. The Kier molecular flexibility index (Phi) is 4.79. The molecule has 0 aromatic heterocycles. The molecule has 4 atom stereocenters. The van der Waals surface area contributed by atoms with Crippen LogP contribution in [0.3, 0.4) is 0 Å². The Balaban J connectivity index is 1.29. The lowest BCUT2D eigenvalue weighted by molar-refractivity contribution is 0.0899. The van der Waals surface area contributed by atoms with Crippen LogP contribution >= 0.6 is 0 Å². The first-order chi connectivity index (χ1) is 9.70. The first kappa shape index (κ1) is 14.6. The number of likely N-dealkylation sites (tertiary alicyclic amines) is 1. The maximum Gasteiger partial charge on any atom is 0.0791 e. The predicted molar refractivity (Wildman–Crippen MR) is 82.6 cm³/mol. The Hall–Kier alpha value is -0.380. The highest BCUT2D eigenvalue weighted by Gasteiger charge is 2.35. The molecule has 2 N–H and O–H groups in total.